The minimum absolute atomic E-state index is 0.147. The molecule has 21 heavy (non-hydrogen) atoms. The molecule has 0 bridgehead atoms. The molecule has 0 saturated carbocycles. The van der Waals surface area contributed by atoms with Crippen molar-refractivity contribution >= 4 is 27.4 Å². The molecule has 0 unspecified atom stereocenters. The third-order valence-corrected chi connectivity index (χ3v) is 3.45. The lowest BCUT2D eigenvalue weighted by Gasteiger charge is -2.22. The van der Waals surface area contributed by atoms with Gasteiger partial charge in [0.05, 0.1) is 5.56 Å². The normalized spacial score (nSPS) is 11.5. The van der Waals surface area contributed by atoms with Crippen molar-refractivity contribution in [3.8, 4) is 0 Å². The van der Waals surface area contributed by atoms with Crippen molar-refractivity contribution in [2.24, 2.45) is 5.73 Å². The van der Waals surface area contributed by atoms with Gasteiger partial charge in [-0.15, -0.1) is 0 Å². The highest BCUT2D eigenvalue weighted by Crippen LogP contribution is 2.38. The minimum atomic E-state index is -4.47. The molecule has 1 aromatic heterocycles. The Labute approximate surface area is 128 Å². The maximum Gasteiger partial charge on any atom is 0.420 e. The molecule has 3 nitrogen and oxygen atoms in total. The molecule has 0 amide bonds. The number of halogens is 4. The van der Waals surface area contributed by atoms with Gasteiger partial charge >= 0.3 is 6.18 Å². The molecule has 7 heteroatoms. The number of hydrogen-bond donors (Lipinski definition) is 1. The zero-order chi connectivity index (χ0) is 15.6. The number of alkyl halides is 3. The summed E-state index contributed by atoms with van der Waals surface area (Å²) in [5.41, 5.74) is 6.23. The first kappa shape index (κ1) is 15.8. The Morgan fingerprint density at radius 3 is 2.38 bits per heavy atom. The van der Waals surface area contributed by atoms with Gasteiger partial charge in [0, 0.05) is 29.9 Å². The zero-order valence-corrected chi connectivity index (χ0v) is 12.7. The number of rotatable bonds is 3. The average Bonchev–Trinajstić information content (AvgIpc) is 2.45. The van der Waals surface area contributed by atoms with Crippen LogP contribution in [0.4, 0.5) is 24.7 Å². The number of benzene rings is 1. The van der Waals surface area contributed by atoms with E-state index in [0.717, 1.165) is 11.6 Å². The van der Waals surface area contributed by atoms with E-state index < -0.39 is 11.7 Å². The molecule has 1 heterocycles. The summed E-state index contributed by atoms with van der Waals surface area (Å²) < 4.78 is 39.6. The van der Waals surface area contributed by atoms with Crippen molar-refractivity contribution in [3.05, 3.63) is 52.1 Å². The van der Waals surface area contributed by atoms with Crippen LogP contribution in [0.3, 0.4) is 0 Å². The van der Waals surface area contributed by atoms with Gasteiger partial charge in [0.15, 0.2) is 0 Å². The predicted octanol–water partition coefficient (Wildman–Crippen LogP) is 4.09. The highest BCUT2D eigenvalue weighted by Gasteiger charge is 2.35. The van der Waals surface area contributed by atoms with Crippen molar-refractivity contribution in [3.63, 3.8) is 0 Å². The Morgan fingerprint density at radius 2 is 1.86 bits per heavy atom. The lowest BCUT2D eigenvalue weighted by atomic mass is 10.2. The topological polar surface area (TPSA) is 42.1 Å². The van der Waals surface area contributed by atoms with Crippen LogP contribution < -0.4 is 10.6 Å². The maximum absolute atomic E-state index is 13.1. The number of nitrogens with two attached hydrogens (primary N) is 1. The van der Waals surface area contributed by atoms with E-state index in [-0.39, 0.29) is 10.3 Å². The van der Waals surface area contributed by atoms with Crippen molar-refractivity contribution in [1.29, 1.82) is 0 Å². The molecular weight excluding hydrogens is 347 g/mol. The predicted molar refractivity (Wildman–Crippen MR) is 79.3 cm³/mol. The van der Waals surface area contributed by atoms with Crippen molar-refractivity contribution in [2.45, 2.75) is 12.7 Å². The smallest absolute Gasteiger partial charge is 0.329 e. The summed E-state index contributed by atoms with van der Waals surface area (Å²) in [6, 6.07) is 8.00. The molecule has 112 valence electrons. The fourth-order valence-corrected chi connectivity index (χ4v) is 2.22. The molecule has 0 spiro atoms. The van der Waals surface area contributed by atoms with E-state index in [0.29, 0.717) is 12.2 Å². The molecule has 0 atom stereocenters. The molecule has 1 aromatic carbocycles. The maximum atomic E-state index is 13.1. The number of pyridine rings is 1. The van der Waals surface area contributed by atoms with Crippen LogP contribution in [0, 0.1) is 0 Å². The Hall–Kier alpha value is -1.60. The number of anilines is 2. The van der Waals surface area contributed by atoms with Crippen LogP contribution in [0.2, 0.25) is 0 Å². The molecule has 0 aliphatic carbocycles. The third kappa shape index (κ3) is 3.54. The number of aromatic nitrogens is 1. The average molecular weight is 360 g/mol. The van der Waals surface area contributed by atoms with E-state index in [9.17, 15) is 13.2 Å². The van der Waals surface area contributed by atoms with Gasteiger partial charge in [-0.05, 0) is 39.7 Å². The second-order valence-electron chi connectivity index (χ2n) is 4.45. The number of hydrogen-bond acceptors (Lipinski definition) is 3. The zero-order valence-electron chi connectivity index (χ0n) is 11.2. The van der Waals surface area contributed by atoms with Crippen molar-refractivity contribution < 1.29 is 13.2 Å². The Balaban J connectivity index is 2.44. The van der Waals surface area contributed by atoms with Gasteiger partial charge in [-0.2, -0.15) is 13.2 Å². The summed E-state index contributed by atoms with van der Waals surface area (Å²) in [5, 5.41) is 0. The van der Waals surface area contributed by atoms with Gasteiger partial charge in [0.25, 0.3) is 0 Å². The molecule has 0 saturated heterocycles. The van der Waals surface area contributed by atoms with Gasteiger partial charge < -0.3 is 10.6 Å². The Bertz CT molecular complexity index is 626. The SMILES string of the molecule is CN(c1ccc(CN)cc1)c1ncc(Br)cc1C(F)(F)F. The first-order chi connectivity index (χ1) is 9.82. The van der Waals surface area contributed by atoms with Crippen LogP contribution in [0.5, 0.6) is 0 Å². The van der Waals surface area contributed by atoms with Crippen molar-refractivity contribution in [2.75, 3.05) is 11.9 Å². The van der Waals surface area contributed by atoms with E-state index in [4.69, 9.17) is 5.73 Å². The highest BCUT2D eigenvalue weighted by molar-refractivity contribution is 9.10. The Morgan fingerprint density at radius 1 is 1.24 bits per heavy atom. The molecule has 2 rings (SSSR count). The van der Waals surface area contributed by atoms with Crippen LogP contribution in [-0.4, -0.2) is 12.0 Å². The second-order valence-corrected chi connectivity index (χ2v) is 5.37. The van der Waals surface area contributed by atoms with E-state index in [1.54, 1.807) is 31.3 Å². The van der Waals surface area contributed by atoms with Crippen LogP contribution >= 0.6 is 15.9 Å². The van der Waals surface area contributed by atoms with E-state index in [1.165, 1.54) is 11.1 Å². The largest absolute Gasteiger partial charge is 0.420 e. The van der Waals surface area contributed by atoms with E-state index >= 15 is 0 Å². The summed E-state index contributed by atoms with van der Waals surface area (Å²) in [6.45, 7) is 0.383. The lowest BCUT2D eigenvalue weighted by Crippen LogP contribution is -2.18. The second kappa shape index (κ2) is 6.03. The minimum Gasteiger partial charge on any atom is -0.329 e. The quantitative estimate of drug-likeness (QED) is 0.897. The van der Waals surface area contributed by atoms with Gasteiger partial charge in [-0.1, -0.05) is 12.1 Å². The van der Waals surface area contributed by atoms with Gasteiger partial charge in [-0.3, -0.25) is 0 Å². The summed E-state index contributed by atoms with van der Waals surface area (Å²) in [5.74, 6) is -0.147. The van der Waals surface area contributed by atoms with E-state index in [1.807, 2.05) is 0 Å². The molecule has 0 aliphatic rings. The summed E-state index contributed by atoms with van der Waals surface area (Å²) in [7, 11) is 1.54. The fraction of sp³-hybridized carbons (Fsp3) is 0.214. The van der Waals surface area contributed by atoms with Crippen molar-refractivity contribution in [1.82, 2.24) is 4.98 Å². The summed E-state index contributed by atoms with van der Waals surface area (Å²) >= 11 is 3.02. The molecule has 0 fully saturated rings. The standard InChI is InChI=1S/C14H13BrF3N3/c1-21(11-4-2-9(7-19)3-5-11)13-12(14(16,17)18)6-10(15)8-20-13/h2-6,8H,7,19H2,1H3. The lowest BCUT2D eigenvalue weighted by molar-refractivity contribution is -0.137. The number of nitrogens with zero attached hydrogens (tertiary/aromatic N) is 2. The van der Waals surface area contributed by atoms with E-state index in [2.05, 4.69) is 20.9 Å². The highest BCUT2D eigenvalue weighted by atomic mass is 79.9. The third-order valence-electron chi connectivity index (χ3n) is 3.02. The molecule has 0 aliphatic heterocycles. The first-order valence-electron chi connectivity index (χ1n) is 6.08. The molecular formula is C14H13BrF3N3. The van der Waals surface area contributed by atoms with Gasteiger partial charge in [0.1, 0.15) is 5.82 Å². The van der Waals surface area contributed by atoms with Crippen LogP contribution in [0.25, 0.3) is 0 Å². The monoisotopic (exact) mass is 359 g/mol. The fourth-order valence-electron chi connectivity index (χ4n) is 1.89. The first-order valence-corrected chi connectivity index (χ1v) is 6.87. The van der Waals surface area contributed by atoms with Crippen LogP contribution in [0.1, 0.15) is 11.1 Å². The molecule has 2 N–H and O–H groups in total. The summed E-state index contributed by atoms with van der Waals surface area (Å²) in [4.78, 5) is 5.30. The summed E-state index contributed by atoms with van der Waals surface area (Å²) in [6.07, 6.45) is -3.13. The van der Waals surface area contributed by atoms with Crippen LogP contribution in [-0.2, 0) is 12.7 Å². The van der Waals surface area contributed by atoms with Gasteiger partial charge in [0.2, 0.25) is 0 Å². The molecule has 0 radical (unpaired) electrons. The Kier molecular flexibility index (Phi) is 4.53. The van der Waals surface area contributed by atoms with Gasteiger partial charge in [-0.25, -0.2) is 4.98 Å². The molecule has 2 aromatic rings. The van der Waals surface area contributed by atoms with Crippen LogP contribution in [0.15, 0.2) is 41.0 Å².